The van der Waals surface area contributed by atoms with Crippen LogP contribution in [0.15, 0.2) is 24.3 Å². The molecule has 0 saturated heterocycles. The number of ketones is 2. The monoisotopic (exact) mass is 240 g/mol. The molecule has 14 heavy (non-hydrogen) atoms. The first-order chi connectivity index (χ1) is 6.35. The van der Waals surface area contributed by atoms with Crippen molar-refractivity contribution in [2.45, 2.75) is 0 Å². The Bertz CT molecular complexity index is 341. The molecule has 0 amide bonds. The largest absolute Gasteiger partial charge is 0.413 e. The van der Waals surface area contributed by atoms with E-state index in [-0.39, 0.29) is 11.6 Å². The van der Waals surface area contributed by atoms with Gasteiger partial charge in [-0.3, -0.25) is 14.1 Å². The lowest BCUT2D eigenvalue weighted by atomic mass is 10.2. The minimum absolute atomic E-state index is 0.121. The smallest absolute Gasteiger partial charge is 0.290 e. The highest BCUT2D eigenvalue weighted by Gasteiger charge is 1.98. The summed E-state index contributed by atoms with van der Waals surface area (Å²) in [5.74, 6) is -0.241. The molecule has 6 nitrogen and oxygen atoms in total. The van der Waals surface area contributed by atoms with Crippen LogP contribution in [0.25, 0.3) is 0 Å². The first-order valence-electron chi connectivity index (χ1n) is 3.07. The van der Waals surface area contributed by atoms with Crippen LogP contribution in [0.5, 0.6) is 0 Å². The molecule has 0 spiro atoms. The number of allylic oxidation sites excluding steroid dienone is 4. The summed E-state index contributed by atoms with van der Waals surface area (Å²) in [4.78, 5) is 20.6. The SMILES string of the molecule is O=C1C=CC(=O)C=C1.O=S(=O)(O)OCl. The lowest BCUT2D eigenvalue weighted by Gasteiger charge is -1.87. The van der Waals surface area contributed by atoms with E-state index in [2.05, 4.69) is 15.6 Å². The zero-order valence-electron chi connectivity index (χ0n) is 6.58. The van der Waals surface area contributed by atoms with Gasteiger partial charge in [0.1, 0.15) is 0 Å². The molecular weight excluding hydrogens is 236 g/mol. The van der Waals surface area contributed by atoms with E-state index in [1.165, 1.54) is 24.3 Å². The first-order valence-corrected chi connectivity index (χ1v) is 4.74. The second-order valence-corrected chi connectivity index (χ2v) is 3.32. The Balaban J connectivity index is 0.000000255. The third-order valence-corrected chi connectivity index (χ3v) is 1.54. The predicted octanol–water partition coefficient (Wildman–Crippen LogP) is 0.210. The molecule has 1 rings (SSSR count). The summed E-state index contributed by atoms with van der Waals surface area (Å²) >= 11 is 4.14. The van der Waals surface area contributed by atoms with E-state index in [0.717, 1.165) is 0 Å². The minimum atomic E-state index is -4.40. The van der Waals surface area contributed by atoms with E-state index in [4.69, 9.17) is 4.55 Å². The molecule has 0 aromatic rings. The molecular formula is C6H5ClO6S. The highest BCUT2D eigenvalue weighted by Crippen LogP contribution is 1.90. The standard InChI is InChI=1S/C6H4O2.ClHO4S/c7-5-1-2-6(8)4-3-5;1-5-6(2,3)4/h1-4H;(H,2,3,4). The molecule has 0 aromatic heterocycles. The van der Waals surface area contributed by atoms with Gasteiger partial charge in [0.05, 0.1) is 11.9 Å². The van der Waals surface area contributed by atoms with Gasteiger partial charge in [0.2, 0.25) is 0 Å². The summed E-state index contributed by atoms with van der Waals surface area (Å²) in [5, 5.41) is 0. The highest BCUT2D eigenvalue weighted by molar-refractivity contribution is 7.81. The molecule has 1 N–H and O–H groups in total. The zero-order valence-corrected chi connectivity index (χ0v) is 8.16. The summed E-state index contributed by atoms with van der Waals surface area (Å²) in [6.07, 6.45) is 5.01. The molecule has 0 radical (unpaired) electrons. The number of halogens is 1. The van der Waals surface area contributed by atoms with Gasteiger partial charge in [-0.2, -0.15) is 8.42 Å². The summed E-state index contributed by atoms with van der Waals surface area (Å²) in [7, 11) is -4.40. The van der Waals surface area contributed by atoms with Crippen LogP contribution >= 0.6 is 11.9 Å². The molecule has 0 atom stereocenters. The molecule has 0 saturated carbocycles. The van der Waals surface area contributed by atoms with Crippen LogP contribution in [-0.2, 0) is 23.7 Å². The van der Waals surface area contributed by atoms with Crippen molar-refractivity contribution >= 4 is 33.8 Å². The quantitative estimate of drug-likeness (QED) is 0.520. The first kappa shape index (κ1) is 13.0. The Morgan fingerprint density at radius 2 is 1.29 bits per heavy atom. The van der Waals surface area contributed by atoms with Crippen molar-refractivity contribution in [1.82, 2.24) is 0 Å². The fraction of sp³-hybridized carbons (Fsp3) is 0. The van der Waals surface area contributed by atoms with Gasteiger partial charge in [0, 0.05) is 0 Å². The van der Waals surface area contributed by atoms with Crippen molar-refractivity contribution in [2.24, 2.45) is 0 Å². The Hall–Kier alpha value is -1.02. The maximum absolute atomic E-state index is 10.3. The van der Waals surface area contributed by atoms with Crippen LogP contribution in [0.1, 0.15) is 0 Å². The van der Waals surface area contributed by atoms with Crippen LogP contribution in [0.4, 0.5) is 0 Å². The van der Waals surface area contributed by atoms with E-state index in [1.807, 2.05) is 0 Å². The predicted molar refractivity (Wildman–Crippen MR) is 46.8 cm³/mol. The summed E-state index contributed by atoms with van der Waals surface area (Å²) in [6, 6.07) is 0. The number of carbonyl (C=O) groups excluding carboxylic acids is 2. The molecule has 8 heteroatoms. The molecule has 0 bridgehead atoms. The Morgan fingerprint density at radius 1 is 1.07 bits per heavy atom. The van der Waals surface area contributed by atoms with Crippen LogP contribution in [0.3, 0.4) is 0 Å². The second-order valence-electron chi connectivity index (χ2n) is 1.96. The minimum Gasteiger partial charge on any atom is -0.290 e. The van der Waals surface area contributed by atoms with Crippen LogP contribution in [0, 0.1) is 0 Å². The van der Waals surface area contributed by atoms with Crippen molar-refractivity contribution in [2.75, 3.05) is 0 Å². The molecule has 0 aromatic carbocycles. The number of carbonyl (C=O) groups is 2. The van der Waals surface area contributed by atoms with Crippen molar-refractivity contribution in [3.63, 3.8) is 0 Å². The molecule has 0 heterocycles. The Kier molecular flexibility index (Phi) is 5.24. The average molecular weight is 241 g/mol. The molecule has 0 aliphatic heterocycles. The van der Waals surface area contributed by atoms with Crippen molar-refractivity contribution in [1.29, 1.82) is 0 Å². The molecule has 78 valence electrons. The Morgan fingerprint density at radius 3 is 1.43 bits per heavy atom. The second kappa shape index (κ2) is 5.66. The maximum atomic E-state index is 10.3. The third-order valence-electron chi connectivity index (χ3n) is 0.903. The Labute approximate surface area is 84.9 Å². The van der Waals surface area contributed by atoms with E-state index in [1.54, 1.807) is 0 Å². The van der Waals surface area contributed by atoms with Gasteiger partial charge in [-0.1, -0.05) is 0 Å². The van der Waals surface area contributed by atoms with Crippen LogP contribution in [-0.4, -0.2) is 24.5 Å². The molecule has 0 unspecified atom stereocenters. The summed E-state index contributed by atoms with van der Waals surface area (Å²) < 4.78 is 28.8. The maximum Gasteiger partial charge on any atom is 0.413 e. The highest BCUT2D eigenvalue weighted by atomic mass is 35.5. The fourth-order valence-corrected chi connectivity index (χ4v) is 0.440. The van der Waals surface area contributed by atoms with Gasteiger partial charge in [-0.25, -0.2) is 0 Å². The van der Waals surface area contributed by atoms with Gasteiger partial charge in [0.25, 0.3) is 0 Å². The third kappa shape index (κ3) is 7.62. The average Bonchev–Trinajstić information content (AvgIpc) is 2.10. The number of hydrogen-bond acceptors (Lipinski definition) is 5. The summed E-state index contributed by atoms with van der Waals surface area (Å²) in [5.41, 5.74) is 0. The van der Waals surface area contributed by atoms with Gasteiger partial charge >= 0.3 is 10.4 Å². The lowest BCUT2D eigenvalue weighted by molar-refractivity contribution is -0.113. The zero-order chi connectivity index (χ0) is 11.2. The molecule has 1 aliphatic carbocycles. The van der Waals surface area contributed by atoms with Crippen molar-refractivity contribution in [3.8, 4) is 0 Å². The van der Waals surface area contributed by atoms with E-state index in [0.29, 0.717) is 0 Å². The van der Waals surface area contributed by atoms with Crippen LogP contribution in [0.2, 0.25) is 0 Å². The molecule has 1 aliphatic rings. The number of rotatable bonds is 1. The van der Waals surface area contributed by atoms with Gasteiger partial charge in [-0.15, -0.1) is 3.74 Å². The van der Waals surface area contributed by atoms with Crippen LogP contribution < -0.4 is 0 Å². The van der Waals surface area contributed by atoms with Crippen molar-refractivity contribution < 1.29 is 26.3 Å². The lowest BCUT2D eigenvalue weighted by Crippen LogP contribution is -1.97. The normalized spacial score (nSPS) is 15.0. The van der Waals surface area contributed by atoms with E-state index < -0.39 is 10.4 Å². The van der Waals surface area contributed by atoms with Gasteiger partial charge in [0.15, 0.2) is 11.6 Å². The number of hydrogen-bond donors (Lipinski definition) is 1. The van der Waals surface area contributed by atoms with Gasteiger partial charge < -0.3 is 0 Å². The summed E-state index contributed by atoms with van der Waals surface area (Å²) in [6.45, 7) is 0. The van der Waals surface area contributed by atoms with Crippen molar-refractivity contribution in [3.05, 3.63) is 24.3 Å². The molecule has 0 fully saturated rings. The topological polar surface area (TPSA) is 97.7 Å². The van der Waals surface area contributed by atoms with E-state index in [9.17, 15) is 18.0 Å². The fourth-order valence-electron chi connectivity index (χ4n) is 0.440. The van der Waals surface area contributed by atoms with Gasteiger partial charge in [-0.05, 0) is 24.3 Å². The van der Waals surface area contributed by atoms with E-state index >= 15 is 0 Å².